The Morgan fingerprint density at radius 3 is 2.67 bits per heavy atom. The Morgan fingerprint density at radius 1 is 1.29 bits per heavy atom. The number of benzene rings is 1. The molecular formula is C17H14INO5. The van der Waals surface area contributed by atoms with Gasteiger partial charge in [-0.3, -0.25) is 14.4 Å². The van der Waals surface area contributed by atoms with Crippen LogP contribution in [-0.2, 0) is 23.9 Å². The molecular weight excluding hydrogens is 425 g/mol. The van der Waals surface area contributed by atoms with Crippen molar-refractivity contribution in [2.24, 2.45) is 11.8 Å². The third-order valence-electron chi connectivity index (χ3n) is 4.74. The molecule has 124 valence electrons. The van der Waals surface area contributed by atoms with E-state index >= 15 is 0 Å². The molecule has 24 heavy (non-hydrogen) atoms. The van der Waals surface area contributed by atoms with Crippen LogP contribution in [0.1, 0.15) is 6.92 Å². The van der Waals surface area contributed by atoms with E-state index in [2.05, 4.69) is 22.6 Å². The van der Waals surface area contributed by atoms with E-state index in [1.807, 2.05) is 12.1 Å². The Balaban J connectivity index is 1.69. The van der Waals surface area contributed by atoms with Gasteiger partial charge in [-0.05, 0) is 52.9 Å². The Hall–Kier alpha value is -1.74. The molecule has 0 saturated carbocycles. The zero-order valence-electron chi connectivity index (χ0n) is 12.8. The predicted molar refractivity (Wildman–Crippen MR) is 92.0 cm³/mol. The minimum absolute atomic E-state index is 0.0595. The lowest BCUT2D eigenvalue weighted by molar-refractivity contribution is -0.150. The number of esters is 1. The molecule has 3 heterocycles. The summed E-state index contributed by atoms with van der Waals surface area (Å²) in [4.78, 5) is 38.2. The second-order valence-corrected chi connectivity index (χ2v) is 7.41. The van der Waals surface area contributed by atoms with Crippen LogP contribution in [0.25, 0.3) is 0 Å². The van der Waals surface area contributed by atoms with Crippen LogP contribution in [0.5, 0.6) is 0 Å². The van der Waals surface area contributed by atoms with Gasteiger partial charge in [0.2, 0.25) is 11.8 Å². The zero-order chi connectivity index (χ0) is 17.1. The smallest absolute Gasteiger partial charge is 0.302 e. The lowest BCUT2D eigenvalue weighted by Gasteiger charge is -2.28. The first kappa shape index (κ1) is 15.8. The molecule has 0 unspecified atom stereocenters. The van der Waals surface area contributed by atoms with Gasteiger partial charge >= 0.3 is 5.97 Å². The molecule has 4 atom stereocenters. The lowest BCUT2D eigenvalue weighted by Crippen LogP contribution is -2.44. The second kappa shape index (κ2) is 5.38. The van der Waals surface area contributed by atoms with Crippen molar-refractivity contribution in [3.05, 3.63) is 40.0 Å². The minimum atomic E-state index is -1.04. The normalized spacial score (nSPS) is 33.2. The number of hydrogen-bond acceptors (Lipinski definition) is 5. The maximum atomic E-state index is 13.0. The fourth-order valence-corrected chi connectivity index (χ4v) is 4.09. The largest absolute Gasteiger partial charge is 0.462 e. The number of carbonyl (C=O) groups excluding carboxylic acids is 3. The zero-order valence-corrected chi connectivity index (χ0v) is 14.9. The van der Waals surface area contributed by atoms with Gasteiger partial charge < -0.3 is 9.47 Å². The molecule has 0 aliphatic carbocycles. The highest BCUT2D eigenvalue weighted by atomic mass is 127. The summed E-state index contributed by atoms with van der Waals surface area (Å²) < 4.78 is 12.0. The number of ether oxygens (including phenoxy) is 2. The Morgan fingerprint density at radius 2 is 2.00 bits per heavy atom. The maximum Gasteiger partial charge on any atom is 0.302 e. The van der Waals surface area contributed by atoms with Gasteiger partial charge in [0.1, 0.15) is 12.2 Å². The number of carbonyl (C=O) groups is 3. The van der Waals surface area contributed by atoms with E-state index in [0.717, 1.165) is 3.57 Å². The molecule has 7 heteroatoms. The molecule has 1 aromatic rings. The van der Waals surface area contributed by atoms with Crippen LogP contribution < -0.4 is 4.90 Å². The molecule has 4 rings (SSSR count). The van der Waals surface area contributed by atoms with Crippen molar-refractivity contribution < 1.29 is 23.9 Å². The molecule has 2 bridgehead atoms. The van der Waals surface area contributed by atoms with Crippen molar-refractivity contribution in [3.8, 4) is 0 Å². The van der Waals surface area contributed by atoms with Gasteiger partial charge in [0.05, 0.1) is 23.6 Å². The molecule has 0 radical (unpaired) electrons. The topological polar surface area (TPSA) is 72.9 Å². The van der Waals surface area contributed by atoms with Crippen LogP contribution in [0, 0.1) is 15.4 Å². The van der Waals surface area contributed by atoms with Crippen molar-refractivity contribution in [2.45, 2.75) is 18.6 Å². The minimum Gasteiger partial charge on any atom is -0.462 e. The summed E-state index contributed by atoms with van der Waals surface area (Å²) in [5, 5.41) is 0. The van der Waals surface area contributed by atoms with Gasteiger partial charge in [-0.15, -0.1) is 0 Å². The number of nitrogens with zero attached hydrogens (tertiary/aromatic N) is 1. The molecule has 3 aliphatic rings. The number of anilines is 1. The standard InChI is InChI=1S/C17H14INO5/c1-9(20)23-8-17-7-6-12(24-17)13-14(17)16(22)19(15(13)21)11-4-2-10(18)3-5-11/h2-7,12-14H,8H2,1H3/t12-,13-,14+,17-/m1/s1. The summed E-state index contributed by atoms with van der Waals surface area (Å²) in [7, 11) is 0. The summed E-state index contributed by atoms with van der Waals surface area (Å²) in [5.41, 5.74) is -0.479. The van der Waals surface area contributed by atoms with E-state index in [9.17, 15) is 14.4 Å². The Labute approximate surface area is 151 Å². The van der Waals surface area contributed by atoms with E-state index in [0.29, 0.717) is 5.69 Å². The van der Waals surface area contributed by atoms with Gasteiger partial charge in [-0.25, -0.2) is 4.90 Å². The molecule has 1 aromatic carbocycles. The third-order valence-corrected chi connectivity index (χ3v) is 5.46. The average Bonchev–Trinajstić information content (AvgIpc) is 3.18. The van der Waals surface area contributed by atoms with Crippen LogP contribution in [0.4, 0.5) is 5.69 Å². The van der Waals surface area contributed by atoms with Crippen molar-refractivity contribution in [1.29, 1.82) is 0 Å². The van der Waals surface area contributed by atoms with Gasteiger partial charge in [-0.2, -0.15) is 0 Å². The number of halogens is 1. The number of amides is 2. The van der Waals surface area contributed by atoms with E-state index in [1.165, 1.54) is 11.8 Å². The molecule has 0 aromatic heterocycles. The fraction of sp³-hybridized carbons (Fsp3) is 0.353. The molecule has 0 spiro atoms. The van der Waals surface area contributed by atoms with E-state index in [-0.39, 0.29) is 18.4 Å². The van der Waals surface area contributed by atoms with Gasteiger partial charge in [0, 0.05) is 10.5 Å². The quantitative estimate of drug-likeness (QED) is 0.310. The van der Waals surface area contributed by atoms with Crippen LogP contribution >= 0.6 is 22.6 Å². The maximum absolute atomic E-state index is 13.0. The second-order valence-electron chi connectivity index (χ2n) is 6.17. The van der Waals surface area contributed by atoms with Crippen molar-refractivity contribution >= 4 is 46.1 Å². The number of hydrogen-bond donors (Lipinski definition) is 0. The molecule has 3 aliphatic heterocycles. The summed E-state index contributed by atoms with van der Waals surface area (Å²) >= 11 is 2.17. The Bertz CT molecular complexity index is 774. The van der Waals surface area contributed by atoms with Crippen LogP contribution in [0.2, 0.25) is 0 Å². The van der Waals surface area contributed by atoms with E-state index in [4.69, 9.17) is 9.47 Å². The predicted octanol–water partition coefficient (Wildman–Crippen LogP) is 1.67. The summed E-state index contributed by atoms with van der Waals surface area (Å²) in [6, 6.07) is 7.21. The van der Waals surface area contributed by atoms with Gasteiger partial charge in [-0.1, -0.05) is 6.08 Å². The first-order valence-electron chi connectivity index (χ1n) is 7.57. The molecule has 2 saturated heterocycles. The van der Waals surface area contributed by atoms with Crippen molar-refractivity contribution in [2.75, 3.05) is 11.5 Å². The molecule has 2 amide bonds. The fourth-order valence-electron chi connectivity index (χ4n) is 3.73. The summed E-state index contributed by atoms with van der Waals surface area (Å²) in [6.07, 6.45) is 3.09. The number of fused-ring (bicyclic) bond motifs is 5. The van der Waals surface area contributed by atoms with E-state index in [1.54, 1.807) is 24.3 Å². The van der Waals surface area contributed by atoms with Crippen molar-refractivity contribution in [3.63, 3.8) is 0 Å². The van der Waals surface area contributed by atoms with Crippen LogP contribution in [-0.4, -0.2) is 36.1 Å². The average molecular weight is 439 g/mol. The monoisotopic (exact) mass is 439 g/mol. The molecule has 0 N–H and O–H groups in total. The SMILES string of the molecule is CC(=O)OC[C@@]12C=C[C@@H](O1)[C@H]1C(=O)N(c3ccc(I)cc3)C(=O)[C@H]12. The molecule has 2 fully saturated rings. The number of imide groups is 1. The Kier molecular flexibility index (Phi) is 3.54. The third kappa shape index (κ3) is 2.14. The van der Waals surface area contributed by atoms with Gasteiger partial charge in [0.25, 0.3) is 0 Å². The highest BCUT2D eigenvalue weighted by Crippen LogP contribution is 2.52. The van der Waals surface area contributed by atoms with E-state index < -0.39 is 29.5 Å². The first-order valence-corrected chi connectivity index (χ1v) is 8.65. The summed E-state index contributed by atoms with van der Waals surface area (Å²) in [6.45, 7) is 1.24. The van der Waals surface area contributed by atoms with Crippen LogP contribution in [0.15, 0.2) is 36.4 Å². The lowest BCUT2D eigenvalue weighted by atomic mass is 9.77. The first-order chi connectivity index (χ1) is 11.4. The summed E-state index contributed by atoms with van der Waals surface area (Å²) in [5.74, 6) is -2.22. The van der Waals surface area contributed by atoms with Crippen LogP contribution in [0.3, 0.4) is 0 Å². The van der Waals surface area contributed by atoms with Gasteiger partial charge in [0.15, 0.2) is 0 Å². The molecule has 6 nitrogen and oxygen atoms in total. The highest BCUT2D eigenvalue weighted by Gasteiger charge is 2.68. The van der Waals surface area contributed by atoms with Crippen molar-refractivity contribution in [1.82, 2.24) is 0 Å². The highest BCUT2D eigenvalue weighted by molar-refractivity contribution is 14.1. The number of rotatable bonds is 3.